The van der Waals surface area contributed by atoms with Crippen molar-refractivity contribution in [2.45, 2.75) is 0 Å². The fourth-order valence-corrected chi connectivity index (χ4v) is 1.83. The number of hydrogen-bond donors (Lipinski definition) is 3. The molecule has 2 amide bonds. The van der Waals surface area contributed by atoms with Crippen LogP contribution in [0.4, 0.5) is 0 Å². The quantitative estimate of drug-likeness (QED) is 0.536. The number of nitrogens with one attached hydrogen (secondary N) is 2. The zero-order valence-electron chi connectivity index (χ0n) is 14.1. The molecule has 0 saturated heterocycles. The maximum absolute atomic E-state index is 11.7. The van der Waals surface area contributed by atoms with Gasteiger partial charge in [0.2, 0.25) is 17.6 Å². The first-order valence-electron chi connectivity index (χ1n) is 7.15. The molecule has 0 aliphatic carbocycles. The van der Waals surface area contributed by atoms with Crippen molar-refractivity contribution in [2.24, 2.45) is 0 Å². The van der Waals surface area contributed by atoms with E-state index in [0.29, 0.717) is 22.8 Å². The predicted molar refractivity (Wildman–Crippen MR) is 88.8 cm³/mol. The predicted octanol–water partition coefficient (Wildman–Crippen LogP) is 0.0426. The van der Waals surface area contributed by atoms with E-state index in [1.54, 1.807) is 12.1 Å². The number of ether oxygens (including phenoxy) is 3. The molecule has 1 aromatic rings. The summed E-state index contributed by atoms with van der Waals surface area (Å²) in [5, 5.41) is 12.9. The highest BCUT2D eigenvalue weighted by Crippen LogP contribution is 2.38. The summed E-state index contributed by atoms with van der Waals surface area (Å²) in [6.45, 7) is -0.832. The molecule has 0 fully saturated rings. The van der Waals surface area contributed by atoms with Crippen molar-refractivity contribution in [1.82, 2.24) is 10.6 Å². The number of hydrogen-bond acceptors (Lipinski definition) is 6. The van der Waals surface area contributed by atoms with Gasteiger partial charge in [-0.15, -0.1) is 0 Å². The minimum atomic E-state index is -1.16. The standard InChI is InChI=1S/C16H20N2O7/c1-23-11-6-10(7-12(24-2)16(11)25-3)4-5-13(19)17-8-14(20)18-9-15(21)22/h4-7H,8-9H2,1-3H3,(H,17,19)(H,18,20)(H,21,22)/b5-4+. The minimum Gasteiger partial charge on any atom is -0.493 e. The Morgan fingerprint density at radius 2 is 1.60 bits per heavy atom. The lowest BCUT2D eigenvalue weighted by Gasteiger charge is -2.12. The molecular weight excluding hydrogens is 332 g/mol. The van der Waals surface area contributed by atoms with E-state index in [2.05, 4.69) is 10.6 Å². The lowest BCUT2D eigenvalue weighted by molar-refractivity contribution is -0.137. The summed E-state index contributed by atoms with van der Waals surface area (Å²) in [6, 6.07) is 3.31. The monoisotopic (exact) mass is 352 g/mol. The number of carboxylic acids is 1. The van der Waals surface area contributed by atoms with Crippen LogP contribution in [0.5, 0.6) is 17.2 Å². The van der Waals surface area contributed by atoms with Gasteiger partial charge in [-0.1, -0.05) is 0 Å². The van der Waals surface area contributed by atoms with Crippen molar-refractivity contribution in [3.8, 4) is 17.2 Å². The van der Waals surface area contributed by atoms with E-state index in [1.807, 2.05) is 0 Å². The van der Waals surface area contributed by atoms with E-state index >= 15 is 0 Å². The molecule has 0 saturated carbocycles. The lowest BCUT2D eigenvalue weighted by Crippen LogP contribution is -2.38. The Morgan fingerprint density at radius 1 is 1.00 bits per heavy atom. The number of carbonyl (C=O) groups is 3. The van der Waals surface area contributed by atoms with Crippen LogP contribution in [0.2, 0.25) is 0 Å². The smallest absolute Gasteiger partial charge is 0.322 e. The highest BCUT2D eigenvalue weighted by Gasteiger charge is 2.12. The lowest BCUT2D eigenvalue weighted by atomic mass is 10.1. The molecule has 1 aromatic carbocycles. The molecule has 0 radical (unpaired) electrons. The minimum absolute atomic E-state index is 0.328. The molecule has 1 rings (SSSR count). The second-order valence-electron chi connectivity index (χ2n) is 4.68. The van der Waals surface area contributed by atoms with Crippen LogP contribution >= 0.6 is 0 Å². The number of benzene rings is 1. The first kappa shape index (κ1) is 19.8. The molecule has 3 N–H and O–H groups in total. The van der Waals surface area contributed by atoms with E-state index < -0.39 is 24.3 Å². The molecule has 0 heterocycles. The van der Waals surface area contributed by atoms with Crippen molar-refractivity contribution >= 4 is 23.9 Å². The van der Waals surface area contributed by atoms with Crippen LogP contribution in [0.1, 0.15) is 5.56 Å². The third-order valence-electron chi connectivity index (χ3n) is 2.97. The summed E-state index contributed by atoms with van der Waals surface area (Å²) in [5.74, 6) is -0.968. The Morgan fingerprint density at radius 3 is 2.08 bits per heavy atom. The Hall–Kier alpha value is -3.23. The largest absolute Gasteiger partial charge is 0.493 e. The summed E-state index contributed by atoms with van der Waals surface area (Å²) in [4.78, 5) is 33.3. The van der Waals surface area contributed by atoms with E-state index in [4.69, 9.17) is 19.3 Å². The molecule has 0 aromatic heterocycles. The first-order valence-corrected chi connectivity index (χ1v) is 7.15. The van der Waals surface area contributed by atoms with Gasteiger partial charge in [-0.25, -0.2) is 0 Å². The summed E-state index contributed by atoms with van der Waals surface area (Å²) in [7, 11) is 4.44. The third kappa shape index (κ3) is 6.42. The van der Waals surface area contributed by atoms with Crippen LogP contribution in [0.15, 0.2) is 18.2 Å². The Labute approximate surface area is 144 Å². The zero-order valence-corrected chi connectivity index (χ0v) is 14.1. The molecule has 25 heavy (non-hydrogen) atoms. The van der Waals surface area contributed by atoms with Crippen molar-refractivity contribution in [2.75, 3.05) is 34.4 Å². The van der Waals surface area contributed by atoms with Gasteiger partial charge in [0.15, 0.2) is 11.5 Å². The molecule has 9 nitrogen and oxygen atoms in total. The molecule has 0 aliphatic rings. The maximum atomic E-state index is 11.7. The van der Waals surface area contributed by atoms with Crippen LogP contribution < -0.4 is 24.8 Å². The second kappa shape index (κ2) is 9.81. The molecule has 0 unspecified atom stereocenters. The molecule has 0 aliphatic heterocycles. The van der Waals surface area contributed by atoms with Gasteiger partial charge >= 0.3 is 5.97 Å². The first-order chi connectivity index (χ1) is 11.9. The summed E-state index contributed by atoms with van der Waals surface area (Å²) in [5.41, 5.74) is 0.625. The fourth-order valence-electron chi connectivity index (χ4n) is 1.83. The number of carbonyl (C=O) groups excluding carboxylic acids is 2. The topological polar surface area (TPSA) is 123 Å². The van der Waals surface area contributed by atoms with Crippen LogP contribution in [0.3, 0.4) is 0 Å². The Kier molecular flexibility index (Phi) is 7.77. The maximum Gasteiger partial charge on any atom is 0.322 e. The van der Waals surface area contributed by atoms with E-state index in [9.17, 15) is 14.4 Å². The SMILES string of the molecule is COc1cc(/C=C/C(=O)NCC(=O)NCC(=O)O)cc(OC)c1OC. The third-order valence-corrected chi connectivity index (χ3v) is 2.97. The molecular formula is C16H20N2O7. The number of methoxy groups -OCH3 is 3. The van der Waals surface area contributed by atoms with Crippen molar-refractivity contribution in [1.29, 1.82) is 0 Å². The molecule has 9 heteroatoms. The fraction of sp³-hybridized carbons (Fsp3) is 0.312. The van der Waals surface area contributed by atoms with Crippen LogP contribution in [-0.4, -0.2) is 57.3 Å². The van der Waals surface area contributed by atoms with E-state index in [0.717, 1.165) is 0 Å². The van der Waals surface area contributed by atoms with Crippen LogP contribution in [-0.2, 0) is 14.4 Å². The second-order valence-corrected chi connectivity index (χ2v) is 4.68. The average Bonchev–Trinajstić information content (AvgIpc) is 2.61. The number of amides is 2. The number of carboxylic acid groups (broad SMARTS) is 1. The molecule has 0 spiro atoms. The van der Waals surface area contributed by atoms with E-state index in [-0.39, 0.29) is 6.54 Å². The van der Waals surface area contributed by atoms with Crippen molar-refractivity contribution in [3.05, 3.63) is 23.8 Å². The summed E-state index contributed by atoms with van der Waals surface area (Å²) in [6.07, 6.45) is 2.74. The molecule has 136 valence electrons. The highest BCUT2D eigenvalue weighted by molar-refractivity contribution is 5.94. The summed E-state index contributed by atoms with van der Waals surface area (Å²) < 4.78 is 15.6. The molecule has 0 bridgehead atoms. The van der Waals surface area contributed by atoms with Crippen molar-refractivity contribution in [3.63, 3.8) is 0 Å². The van der Waals surface area contributed by atoms with Gasteiger partial charge in [-0.2, -0.15) is 0 Å². The normalized spacial score (nSPS) is 10.2. The van der Waals surface area contributed by atoms with Crippen LogP contribution in [0, 0.1) is 0 Å². The van der Waals surface area contributed by atoms with Crippen molar-refractivity contribution < 1.29 is 33.7 Å². The number of rotatable bonds is 9. The summed E-state index contributed by atoms with van der Waals surface area (Å²) >= 11 is 0. The average molecular weight is 352 g/mol. The Balaban J connectivity index is 2.70. The van der Waals surface area contributed by atoms with Gasteiger partial charge in [0.05, 0.1) is 27.9 Å². The number of aliphatic carboxylic acids is 1. The highest BCUT2D eigenvalue weighted by atomic mass is 16.5. The van der Waals surface area contributed by atoms with Gasteiger partial charge < -0.3 is 30.0 Å². The van der Waals surface area contributed by atoms with Gasteiger partial charge in [0, 0.05) is 6.08 Å². The van der Waals surface area contributed by atoms with E-state index in [1.165, 1.54) is 33.5 Å². The van der Waals surface area contributed by atoms with Gasteiger partial charge in [-0.05, 0) is 23.8 Å². The van der Waals surface area contributed by atoms with Gasteiger partial charge in [0.25, 0.3) is 0 Å². The molecule has 0 atom stereocenters. The zero-order chi connectivity index (χ0) is 18.8. The van der Waals surface area contributed by atoms with Gasteiger partial charge in [0.1, 0.15) is 6.54 Å². The van der Waals surface area contributed by atoms with Gasteiger partial charge in [-0.3, -0.25) is 14.4 Å². The van der Waals surface area contributed by atoms with Crippen LogP contribution in [0.25, 0.3) is 6.08 Å². The Bertz CT molecular complexity index is 645.